The third kappa shape index (κ3) is 8.98. The van der Waals surface area contributed by atoms with E-state index in [1.165, 1.54) is 0 Å². The van der Waals surface area contributed by atoms with Crippen molar-refractivity contribution in [3.8, 4) is 0 Å². The summed E-state index contributed by atoms with van der Waals surface area (Å²) in [4.78, 5) is 11.1. The minimum atomic E-state index is -0.404. The summed E-state index contributed by atoms with van der Waals surface area (Å²) in [6.07, 6.45) is 0.306. The quantitative estimate of drug-likeness (QED) is 0.499. The second kappa shape index (κ2) is 5.67. The third-order valence-electron chi connectivity index (χ3n) is 1.08. The highest BCUT2D eigenvalue weighted by molar-refractivity contribution is 5.70. The molecule has 0 aliphatic rings. The Labute approximate surface area is 79.4 Å². The van der Waals surface area contributed by atoms with Gasteiger partial charge in [-0.2, -0.15) is 10.2 Å². The molecular formula is C9H18N2O2. The van der Waals surface area contributed by atoms with Gasteiger partial charge in [-0.15, -0.1) is 0 Å². The van der Waals surface area contributed by atoms with E-state index in [1.807, 2.05) is 27.7 Å². The van der Waals surface area contributed by atoms with E-state index in [9.17, 15) is 4.79 Å². The summed E-state index contributed by atoms with van der Waals surface area (Å²) in [7, 11) is 0. The Kier molecular flexibility index (Phi) is 5.26. The van der Waals surface area contributed by atoms with Crippen LogP contribution >= 0.6 is 0 Å². The van der Waals surface area contributed by atoms with Gasteiger partial charge in [0.2, 0.25) is 0 Å². The minimum Gasteiger partial charge on any atom is -0.460 e. The maximum Gasteiger partial charge on any atom is 0.308 e. The van der Waals surface area contributed by atoms with Crippen molar-refractivity contribution in [2.24, 2.45) is 10.2 Å². The van der Waals surface area contributed by atoms with Gasteiger partial charge in [-0.05, 0) is 27.7 Å². The highest BCUT2D eigenvalue weighted by Crippen LogP contribution is 2.07. The van der Waals surface area contributed by atoms with Gasteiger partial charge in [0, 0.05) is 0 Å². The molecule has 0 aromatic rings. The average molecular weight is 186 g/mol. The van der Waals surface area contributed by atoms with Crippen LogP contribution in [0.3, 0.4) is 0 Å². The van der Waals surface area contributed by atoms with Crippen LogP contribution in [0.15, 0.2) is 10.2 Å². The van der Waals surface area contributed by atoms with Crippen molar-refractivity contribution in [2.75, 3.05) is 13.1 Å². The molecule has 0 fully saturated rings. The predicted molar refractivity (Wildman–Crippen MR) is 50.7 cm³/mol. The van der Waals surface area contributed by atoms with Crippen LogP contribution in [0.25, 0.3) is 0 Å². The zero-order valence-electron chi connectivity index (χ0n) is 8.83. The summed E-state index contributed by atoms with van der Waals surface area (Å²) in [6.45, 7) is 8.52. The molecule has 0 amide bonds. The van der Waals surface area contributed by atoms with E-state index in [2.05, 4.69) is 10.2 Å². The number of esters is 1. The van der Waals surface area contributed by atoms with Crippen LogP contribution in [0.2, 0.25) is 0 Å². The van der Waals surface area contributed by atoms with Gasteiger partial charge in [0.15, 0.2) is 0 Å². The van der Waals surface area contributed by atoms with E-state index in [4.69, 9.17) is 4.74 Å². The predicted octanol–water partition coefficient (Wildman–Crippen LogP) is 2.19. The monoisotopic (exact) mass is 186 g/mol. The molecule has 0 heterocycles. The molecule has 4 heteroatoms. The molecule has 0 aliphatic carbocycles. The Morgan fingerprint density at radius 3 is 2.38 bits per heavy atom. The van der Waals surface area contributed by atoms with Crippen molar-refractivity contribution in [1.29, 1.82) is 0 Å². The van der Waals surface area contributed by atoms with Crippen LogP contribution in [0.4, 0.5) is 0 Å². The van der Waals surface area contributed by atoms with E-state index in [0.29, 0.717) is 19.5 Å². The Morgan fingerprint density at radius 2 is 1.92 bits per heavy atom. The number of ether oxygens (including phenoxy) is 1. The van der Waals surface area contributed by atoms with Gasteiger partial charge in [-0.1, -0.05) is 0 Å². The molecule has 13 heavy (non-hydrogen) atoms. The first-order valence-electron chi connectivity index (χ1n) is 4.51. The van der Waals surface area contributed by atoms with E-state index in [-0.39, 0.29) is 5.97 Å². The molecule has 0 rings (SSSR count). The molecule has 0 radical (unpaired) electrons. The number of rotatable bonds is 4. The normalized spacial score (nSPS) is 12.0. The number of hydrogen-bond acceptors (Lipinski definition) is 4. The zero-order chi connectivity index (χ0) is 10.3. The van der Waals surface area contributed by atoms with Gasteiger partial charge >= 0.3 is 5.97 Å². The maximum absolute atomic E-state index is 11.1. The first-order chi connectivity index (χ1) is 5.95. The molecule has 0 N–H and O–H groups in total. The van der Waals surface area contributed by atoms with Gasteiger partial charge in [-0.3, -0.25) is 4.79 Å². The summed E-state index contributed by atoms with van der Waals surface area (Å²) in [6, 6.07) is 0. The summed E-state index contributed by atoms with van der Waals surface area (Å²) in [5, 5.41) is 7.54. The van der Waals surface area contributed by atoms with Crippen molar-refractivity contribution in [3.63, 3.8) is 0 Å². The van der Waals surface area contributed by atoms with E-state index < -0.39 is 5.60 Å². The SMILES string of the molecule is CCN=NCCC(=O)OC(C)(C)C. The van der Waals surface area contributed by atoms with Crippen molar-refractivity contribution >= 4 is 5.97 Å². The number of nitrogens with zero attached hydrogens (tertiary/aromatic N) is 2. The standard InChI is InChI=1S/C9H18N2O2/c1-5-10-11-7-6-8(12)13-9(2,3)4/h5-7H2,1-4H3. The first kappa shape index (κ1) is 12.1. The molecule has 0 atom stereocenters. The Hall–Kier alpha value is -0.930. The lowest BCUT2D eigenvalue weighted by Crippen LogP contribution is -2.24. The summed E-state index contributed by atoms with van der Waals surface area (Å²) < 4.78 is 5.08. The summed E-state index contributed by atoms with van der Waals surface area (Å²) >= 11 is 0. The molecule has 0 spiro atoms. The van der Waals surface area contributed by atoms with Crippen LogP contribution < -0.4 is 0 Å². The van der Waals surface area contributed by atoms with Crippen LogP contribution in [0.1, 0.15) is 34.1 Å². The molecule has 0 saturated heterocycles. The molecule has 0 aromatic carbocycles. The Bertz CT molecular complexity index is 183. The van der Waals surface area contributed by atoms with Crippen molar-refractivity contribution < 1.29 is 9.53 Å². The number of hydrogen-bond donors (Lipinski definition) is 0. The highest BCUT2D eigenvalue weighted by Gasteiger charge is 2.15. The topological polar surface area (TPSA) is 51.0 Å². The lowest BCUT2D eigenvalue weighted by atomic mass is 10.2. The first-order valence-corrected chi connectivity index (χ1v) is 4.51. The molecule has 0 unspecified atom stereocenters. The largest absolute Gasteiger partial charge is 0.460 e. The van der Waals surface area contributed by atoms with Crippen molar-refractivity contribution in [2.45, 2.75) is 39.7 Å². The van der Waals surface area contributed by atoms with Gasteiger partial charge in [0.1, 0.15) is 5.60 Å². The molecule has 4 nitrogen and oxygen atoms in total. The Balaban J connectivity index is 3.58. The Morgan fingerprint density at radius 1 is 1.31 bits per heavy atom. The van der Waals surface area contributed by atoms with E-state index in [1.54, 1.807) is 0 Å². The molecular weight excluding hydrogens is 168 g/mol. The van der Waals surface area contributed by atoms with Crippen LogP contribution in [-0.4, -0.2) is 24.7 Å². The molecule has 76 valence electrons. The number of azo groups is 1. The smallest absolute Gasteiger partial charge is 0.308 e. The van der Waals surface area contributed by atoms with Crippen LogP contribution in [0.5, 0.6) is 0 Å². The molecule has 0 saturated carbocycles. The molecule has 0 aliphatic heterocycles. The van der Waals surface area contributed by atoms with Gasteiger partial charge in [0.25, 0.3) is 0 Å². The van der Waals surface area contributed by atoms with Gasteiger partial charge < -0.3 is 4.74 Å². The lowest BCUT2D eigenvalue weighted by molar-refractivity contribution is -0.154. The second-order valence-electron chi connectivity index (χ2n) is 3.66. The van der Waals surface area contributed by atoms with Crippen LogP contribution in [-0.2, 0) is 9.53 Å². The van der Waals surface area contributed by atoms with Gasteiger partial charge in [0.05, 0.1) is 19.5 Å². The molecule has 0 aromatic heterocycles. The van der Waals surface area contributed by atoms with E-state index in [0.717, 1.165) is 0 Å². The fourth-order valence-electron chi connectivity index (χ4n) is 0.705. The van der Waals surface area contributed by atoms with Crippen molar-refractivity contribution in [1.82, 2.24) is 0 Å². The minimum absolute atomic E-state index is 0.220. The third-order valence-corrected chi connectivity index (χ3v) is 1.08. The van der Waals surface area contributed by atoms with Crippen LogP contribution in [0, 0.1) is 0 Å². The fraction of sp³-hybridized carbons (Fsp3) is 0.889. The molecule has 0 bridgehead atoms. The lowest BCUT2D eigenvalue weighted by Gasteiger charge is -2.18. The summed E-state index contributed by atoms with van der Waals surface area (Å²) in [5.41, 5.74) is -0.404. The zero-order valence-corrected chi connectivity index (χ0v) is 8.83. The number of carbonyl (C=O) groups excluding carboxylic acids is 1. The summed E-state index contributed by atoms with van der Waals surface area (Å²) in [5.74, 6) is -0.220. The average Bonchev–Trinajstić information content (AvgIpc) is 1.94. The van der Waals surface area contributed by atoms with Gasteiger partial charge in [-0.25, -0.2) is 0 Å². The van der Waals surface area contributed by atoms with E-state index >= 15 is 0 Å². The number of carbonyl (C=O) groups is 1. The van der Waals surface area contributed by atoms with Crippen molar-refractivity contribution in [3.05, 3.63) is 0 Å². The maximum atomic E-state index is 11.1. The second-order valence-corrected chi connectivity index (χ2v) is 3.66. The highest BCUT2D eigenvalue weighted by atomic mass is 16.6. The fourth-order valence-corrected chi connectivity index (χ4v) is 0.705.